The summed E-state index contributed by atoms with van der Waals surface area (Å²) in [7, 11) is 0. The van der Waals surface area contributed by atoms with Crippen LogP contribution in [0.4, 0.5) is 0 Å². The van der Waals surface area contributed by atoms with E-state index in [0.717, 1.165) is 10.9 Å². The lowest BCUT2D eigenvalue weighted by Gasteiger charge is -2.16. The number of carbonyl (C=O) groups excluding carboxylic acids is 1. The van der Waals surface area contributed by atoms with E-state index >= 15 is 0 Å². The molecule has 0 aromatic heterocycles. The number of nitrogens with zero attached hydrogens (tertiary/aromatic N) is 2. The van der Waals surface area contributed by atoms with E-state index in [1.54, 1.807) is 16.7 Å². The third-order valence-electron chi connectivity index (χ3n) is 2.71. The van der Waals surface area contributed by atoms with Crippen molar-refractivity contribution < 1.29 is 4.79 Å². The van der Waals surface area contributed by atoms with Crippen molar-refractivity contribution in [3.63, 3.8) is 0 Å². The molecule has 0 spiro atoms. The van der Waals surface area contributed by atoms with Crippen molar-refractivity contribution in [2.75, 3.05) is 19.0 Å². The summed E-state index contributed by atoms with van der Waals surface area (Å²) >= 11 is 7.17. The largest absolute Gasteiger partial charge is 0.289 e. The normalized spacial score (nSPS) is 14.8. The summed E-state index contributed by atoms with van der Waals surface area (Å²) in [6, 6.07) is 8.39. The van der Waals surface area contributed by atoms with Gasteiger partial charge in [0.2, 0.25) is 5.91 Å². The minimum atomic E-state index is -0.0654. The summed E-state index contributed by atoms with van der Waals surface area (Å²) in [5.74, 6) is 0.777. The molecule has 1 heterocycles. The molecule has 0 bridgehead atoms. The Balaban J connectivity index is 1.93. The third kappa shape index (κ3) is 3.27. The zero-order valence-electron chi connectivity index (χ0n) is 10.2. The maximum absolute atomic E-state index is 11.6. The van der Waals surface area contributed by atoms with Gasteiger partial charge in [-0.2, -0.15) is 0 Å². The lowest BCUT2D eigenvalue weighted by Crippen LogP contribution is -2.33. The van der Waals surface area contributed by atoms with E-state index in [1.807, 2.05) is 0 Å². The number of amidine groups is 1. The Morgan fingerprint density at radius 3 is 2.83 bits per heavy atom. The Morgan fingerprint density at radius 1 is 1.44 bits per heavy atom. The van der Waals surface area contributed by atoms with Gasteiger partial charge in [-0.3, -0.25) is 14.7 Å². The molecule has 0 saturated carbocycles. The first-order valence-corrected chi connectivity index (χ1v) is 7.32. The van der Waals surface area contributed by atoms with Crippen molar-refractivity contribution in [1.82, 2.24) is 4.90 Å². The van der Waals surface area contributed by atoms with Gasteiger partial charge in [-0.15, -0.1) is 11.6 Å². The van der Waals surface area contributed by atoms with Crippen molar-refractivity contribution in [2.24, 2.45) is 4.99 Å². The lowest BCUT2D eigenvalue weighted by atomic mass is 10.2. The molecule has 2 rings (SSSR count). The average molecular weight is 283 g/mol. The number of benzene rings is 1. The highest BCUT2D eigenvalue weighted by molar-refractivity contribution is 8.13. The molecule has 1 aromatic carbocycles. The van der Waals surface area contributed by atoms with Crippen molar-refractivity contribution >= 4 is 34.4 Å². The minimum absolute atomic E-state index is 0.0180. The van der Waals surface area contributed by atoms with Gasteiger partial charge in [0.15, 0.2) is 5.17 Å². The summed E-state index contributed by atoms with van der Waals surface area (Å²) in [5.41, 5.74) is 2.49. The molecule has 0 saturated heterocycles. The zero-order valence-corrected chi connectivity index (χ0v) is 11.8. The maximum Gasteiger partial charge on any atom is 0.243 e. The van der Waals surface area contributed by atoms with Crippen LogP contribution in [0.15, 0.2) is 29.3 Å². The number of aryl methyl sites for hydroxylation is 1. The predicted octanol–water partition coefficient (Wildman–Crippen LogP) is 2.67. The van der Waals surface area contributed by atoms with Gasteiger partial charge in [0, 0.05) is 12.3 Å². The van der Waals surface area contributed by atoms with E-state index in [0.29, 0.717) is 13.1 Å². The number of alkyl halides is 1. The van der Waals surface area contributed by atoms with Crippen LogP contribution >= 0.6 is 23.4 Å². The Labute approximate surface area is 116 Å². The summed E-state index contributed by atoms with van der Waals surface area (Å²) in [6.07, 6.45) is 0. The molecular weight excluding hydrogens is 268 g/mol. The van der Waals surface area contributed by atoms with Gasteiger partial charge >= 0.3 is 0 Å². The minimum Gasteiger partial charge on any atom is -0.289 e. The molecule has 1 amide bonds. The van der Waals surface area contributed by atoms with Gasteiger partial charge in [-0.1, -0.05) is 41.6 Å². The fourth-order valence-electron chi connectivity index (χ4n) is 1.69. The van der Waals surface area contributed by atoms with Crippen LogP contribution in [-0.4, -0.2) is 34.9 Å². The molecule has 0 atom stereocenters. The number of hydrogen-bond donors (Lipinski definition) is 0. The predicted molar refractivity (Wildman–Crippen MR) is 77.2 cm³/mol. The highest BCUT2D eigenvalue weighted by atomic mass is 35.5. The van der Waals surface area contributed by atoms with Crippen LogP contribution in [0.3, 0.4) is 0 Å². The standard InChI is InChI=1S/C13H15ClN2OS/c1-10-2-4-11(5-3-10)9-18-13-15-6-7-16(13)12(17)8-14/h2-5H,6-9H2,1H3. The molecule has 0 aliphatic carbocycles. The Bertz CT molecular complexity index is 459. The molecule has 0 radical (unpaired) electrons. The van der Waals surface area contributed by atoms with E-state index in [1.165, 1.54) is 11.1 Å². The fraction of sp³-hybridized carbons (Fsp3) is 0.385. The van der Waals surface area contributed by atoms with Crippen molar-refractivity contribution in [1.29, 1.82) is 0 Å². The molecule has 0 fully saturated rings. The van der Waals surface area contributed by atoms with Crippen LogP contribution in [0.1, 0.15) is 11.1 Å². The first-order valence-electron chi connectivity index (χ1n) is 5.80. The fourth-order valence-corrected chi connectivity index (χ4v) is 2.85. The summed E-state index contributed by atoms with van der Waals surface area (Å²) in [4.78, 5) is 17.6. The van der Waals surface area contributed by atoms with E-state index in [9.17, 15) is 4.79 Å². The topological polar surface area (TPSA) is 32.7 Å². The van der Waals surface area contributed by atoms with Crippen molar-refractivity contribution in [3.05, 3.63) is 35.4 Å². The van der Waals surface area contributed by atoms with Crippen molar-refractivity contribution in [2.45, 2.75) is 12.7 Å². The molecule has 0 N–H and O–H groups in total. The Kier molecular flexibility index (Phi) is 4.66. The summed E-state index contributed by atoms with van der Waals surface area (Å²) in [6.45, 7) is 3.40. The van der Waals surface area contributed by atoms with E-state index in [4.69, 9.17) is 11.6 Å². The van der Waals surface area contributed by atoms with Crippen LogP contribution in [0, 0.1) is 6.92 Å². The van der Waals surface area contributed by atoms with E-state index in [2.05, 4.69) is 36.2 Å². The molecule has 1 aliphatic rings. The Hall–Kier alpha value is -1.00. The molecule has 1 aliphatic heterocycles. The van der Waals surface area contributed by atoms with Crippen LogP contribution < -0.4 is 0 Å². The van der Waals surface area contributed by atoms with Crippen LogP contribution in [0.25, 0.3) is 0 Å². The monoisotopic (exact) mass is 282 g/mol. The molecule has 1 aromatic rings. The first-order chi connectivity index (χ1) is 8.70. The van der Waals surface area contributed by atoms with Crippen LogP contribution in [0.2, 0.25) is 0 Å². The number of thioether (sulfide) groups is 1. The second-order valence-corrected chi connectivity index (χ2v) is 5.33. The van der Waals surface area contributed by atoms with Gasteiger partial charge in [-0.25, -0.2) is 0 Å². The third-order valence-corrected chi connectivity index (χ3v) is 4.02. The van der Waals surface area contributed by atoms with Gasteiger partial charge in [0.1, 0.15) is 5.88 Å². The molecule has 3 nitrogen and oxygen atoms in total. The van der Waals surface area contributed by atoms with Crippen LogP contribution in [0.5, 0.6) is 0 Å². The Morgan fingerprint density at radius 2 is 2.17 bits per heavy atom. The SMILES string of the molecule is Cc1ccc(CSC2=NCCN2C(=O)CCl)cc1. The van der Waals surface area contributed by atoms with Gasteiger partial charge in [0.05, 0.1) is 6.54 Å². The van der Waals surface area contributed by atoms with E-state index < -0.39 is 0 Å². The highest BCUT2D eigenvalue weighted by Gasteiger charge is 2.22. The quantitative estimate of drug-likeness (QED) is 0.799. The second-order valence-electron chi connectivity index (χ2n) is 4.12. The number of amides is 1. The number of aliphatic imine (C=N–C) groups is 1. The zero-order chi connectivity index (χ0) is 13.0. The number of carbonyl (C=O) groups is 1. The lowest BCUT2D eigenvalue weighted by molar-refractivity contribution is -0.124. The summed E-state index contributed by atoms with van der Waals surface area (Å²) in [5, 5.41) is 0.793. The van der Waals surface area contributed by atoms with E-state index in [-0.39, 0.29) is 11.8 Å². The van der Waals surface area contributed by atoms with Crippen molar-refractivity contribution in [3.8, 4) is 0 Å². The molecular formula is C13H15ClN2OS. The number of rotatable bonds is 3. The van der Waals surface area contributed by atoms with Gasteiger partial charge < -0.3 is 0 Å². The smallest absolute Gasteiger partial charge is 0.243 e. The first kappa shape index (κ1) is 13.4. The number of hydrogen-bond acceptors (Lipinski definition) is 3. The summed E-state index contributed by atoms with van der Waals surface area (Å²) < 4.78 is 0. The van der Waals surface area contributed by atoms with Gasteiger partial charge in [0.25, 0.3) is 0 Å². The molecule has 0 unspecified atom stereocenters. The molecule has 18 heavy (non-hydrogen) atoms. The second kappa shape index (κ2) is 6.25. The van der Waals surface area contributed by atoms with Gasteiger partial charge in [-0.05, 0) is 12.5 Å². The molecule has 5 heteroatoms. The maximum atomic E-state index is 11.6. The molecule has 96 valence electrons. The van der Waals surface area contributed by atoms with Crippen LogP contribution in [-0.2, 0) is 10.5 Å². The highest BCUT2D eigenvalue weighted by Crippen LogP contribution is 2.20. The number of halogens is 1. The average Bonchev–Trinajstić information content (AvgIpc) is 2.85.